The Kier molecular flexibility index (Phi) is 12.0. The summed E-state index contributed by atoms with van der Waals surface area (Å²) in [5.74, 6) is -1.65. The van der Waals surface area contributed by atoms with Crippen molar-refractivity contribution in [1.29, 1.82) is 0 Å². The number of allylic oxidation sites excluding steroid dienone is 4. The first-order valence-corrected chi connectivity index (χ1v) is 10.9. The second-order valence-electron chi connectivity index (χ2n) is 7.58. The molecule has 0 fully saturated rings. The van der Waals surface area contributed by atoms with E-state index in [2.05, 4.69) is 11.7 Å². The van der Waals surface area contributed by atoms with E-state index in [4.69, 9.17) is 9.47 Å². The topological polar surface area (TPSA) is 96.0 Å². The highest BCUT2D eigenvalue weighted by Gasteiger charge is 2.41. The van der Waals surface area contributed by atoms with Crippen LogP contribution < -0.4 is 0 Å². The molecule has 0 amide bonds. The summed E-state index contributed by atoms with van der Waals surface area (Å²) in [6.07, 6.45) is 16.0. The zero-order valence-corrected chi connectivity index (χ0v) is 19.4. The van der Waals surface area contributed by atoms with Gasteiger partial charge in [0.2, 0.25) is 0 Å². The Morgan fingerprint density at radius 3 is 2.50 bits per heavy atom. The van der Waals surface area contributed by atoms with Gasteiger partial charge >= 0.3 is 17.9 Å². The van der Waals surface area contributed by atoms with Crippen LogP contribution in [0, 0.1) is 0 Å². The molecule has 0 aromatic carbocycles. The second kappa shape index (κ2) is 14.2. The van der Waals surface area contributed by atoms with Crippen molar-refractivity contribution in [1.82, 2.24) is 0 Å². The van der Waals surface area contributed by atoms with Gasteiger partial charge in [0.15, 0.2) is 11.4 Å². The van der Waals surface area contributed by atoms with Gasteiger partial charge in [-0.2, -0.15) is 0 Å². The van der Waals surface area contributed by atoms with E-state index in [1.165, 1.54) is 27.0 Å². The molecule has 0 N–H and O–H groups in total. The van der Waals surface area contributed by atoms with Crippen molar-refractivity contribution in [2.24, 2.45) is 0 Å². The first kappa shape index (κ1) is 27.1. The molecule has 7 heteroatoms. The Bertz CT molecular complexity index is 788. The number of ketones is 1. The fourth-order valence-corrected chi connectivity index (χ4v) is 3.32. The largest absolute Gasteiger partial charge is 0.469 e. The third-order valence-corrected chi connectivity index (χ3v) is 4.88. The van der Waals surface area contributed by atoms with Gasteiger partial charge in [-0.1, -0.05) is 44.1 Å². The van der Waals surface area contributed by atoms with Crippen LogP contribution in [-0.2, 0) is 33.4 Å². The van der Waals surface area contributed by atoms with Crippen molar-refractivity contribution in [3.8, 4) is 0 Å². The van der Waals surface area contributed by atoms with E-state index in [0.29, 0.717) is 12.0 Å². The second-order valence-corrected chi connectivity index (χ2v) is 7.58. The van der Waals surface area contributed by atoms with Gasteiger partial charge in [0, 0.05) is 32.3 Å². The van der Waals surface area contributed by atoms with Crippen LogP contribution in [0.3, 0.4) is 0 Å². The van der Waals surface area contributed by atoms with Crippen molar-refractivity contribution in [2.45, 2.75) is 77.4 Å². The Morgan fingerprint density at radius 2 is 1.88 bits per heavy atom. The Hall–Kier alpha value is -2.96. The summed E-state index contributed by atoms with van der Waals surface area (Å²) in [6, 6.07) is 0. The number of esters is 3. The van der Waals surface area contributed by atoms with Gasteiger partial charge in [-0.3, -0.25) is 19.2 Å². The van der Waals surface area contributed by atoms with Gasteiger partial charge in [0.05, 0.1) is 7.11 Å². The summed E-state index contributed by atoms with van der Waals surface area (Å²) in [5, 5.41) is 0. The highest BCUT2D eigenvalue weighted by molar-refractivity contribution is 6.09. The van der Waals surface area contributed by atoms with Crippen LogP contribution in [0.25, 0.3) is 0 Å². The van der Waals surface area contributed by atoms with E-state index in [1.54, 1.807) is 24.3 Å². The number of carbonyl (C=O) groups is 4. The van der Waals surface area contributed by atoms with E-state index >= 15 is 0 Å². The van der Waals surface area contributed by atoms with Crippen molar-refractivity contribution >= 4 is 23.7 Å². The number of unbranched alkanes of at least 4 members (excludes halogenated alkanes) is 3. The molecule has 1 aliphatic carbocycles. The van der Waals surface area contributed by atoms with Crippen molar-refractivity contribution < 1.29 is 33.4 Å². The summed E-state index contributed by atoms with van der Waals surface area (Å²) in [6.45, 7) is 4.72. The van der Waals surface area contributed by atoms with E-state index in [1.807, 2.05) is 12.2 Å². The van der Waals surface area contributed by atoms with Gasteiger partial charge in [0.25, 0.3) is 0 Å². The molecule has 32 heavy (non-hydrogen) atoms. The van der Waals surface area contributed by atoms with Crippen LogP contribution in [0.4, 0.5) is 0 Å². The van der Waals surface area contributed by atoms with E-state index in [-0.39, 0.29) is 18.6 Å². The Balaban J connectivity index is 3.02. The fraction of sp³-hybridized carbons (Fsp3) is 0.520. The molecule has 0 bridgehead atoms. The number of rotatable bonds is 13. The van der Waals surface area contributed by atoms with Crippen LogP contribution in [-0.4, -0.2) is 42.5 Å². The lowest BCUT2D eigenvalue weighted by Gasteiger charge is -2.27. The van der Waals surface area contributed by atoms with Crippen molar-refractivity contribution in [2.75, 3.05) is 7.11 Å². The first-order valence-electron chi connectivity index (χ1n) is 10.9. The third-order valence-electron chi connectivity index (χ3n) is 4.88. The lowest BCUT2D eigenvalue weighted by atomic mass is 9.91. The number of hydrogen-bond donors (Lipinski definition) is 0. The summed E-state index contributed by atoms with van der Waals surface area (Å²) in [7, 11) is 1.29. The Labute approximate surface area is 190 Å². The summed E-state index contributed by atoms with van der Waals surface area (Å²) in [4.78, 5) is 47.0. The van der Waals surface area contributed by atoms with E-state index < -0.39 is 29.6 Å². The minimum atomic E-state index is -1.17. The van der Waals surface area contributed by atoms with Gasteiger partial charge in [-0.05, 0) is 37.5 Å². The molecule has 0 radical (unpaired) electrons. The molecule has 0 aromatic heterocycles. The average Bonchev–Trinajstić information content (AvgIpc) is 3.03. The number of methoxy groups -OCH3 is 1. The first-order chi connectivity index (χ1) is 15.2. The third kappa shape index (κ3) is 9.45. The molecular formula is C25H34O7. The fourth-order valence-electron chi connectivity index (χ4n) is 3.32. The van der Waals surface area contributed by atoms with Crippen LogP contribution in [0.15, 0.2) is 48.1 Å². The smallest absolute Gasteiger partial charge is 0.305 e. The maximum atomic E-state index is 12.5. The number of ether oxygens (including phenoxy) is 3. The summed E-state index contributed by atoms with van der Waals surface area (Å²) < 4.78 is 15.4. The molecule has 0 saturated heterocycles. The predicted molar refractivity (Wildman–Crippen MR) is 121 cm³/mol. The van der Waals surface area contributed by atoms with Gasteiger partial charge < -0.3 is 14.2 Å². The van der Waals surface area contributed by atoms with Gasteiger partial charge in [0.1, 0.15) is 6.10 Å². The molecule has 0 saturated carbocycles. The minimum Gasteiger partial charge on any atom is -0.469 e. The molecule has 1 rings (SSSR count). The lowest BCUT2D eigenvalue weighted by Crippen LogP contribution is -2.33. The molecular weight excluding hydrogens is 412 g/mol. The lowest BCUT2D eigenvalue weighted by molar-refractivity contribution is -0.149. The highest BCUT2D eigenvalue weighted by Crippen LogP contribution is 2.34. The van der Waals surface area contributed by atoms with E-state index in [9.17, 15) is 19.2 Å². The molecule has 0 unspecified atom stereocenters. The minimum absolute atomic E-state index is 0.0794. The normalized spacial score (nSPS) is 20.2. The van der Waals surface area contributed by atoms with Crippen LogP contribution in [0.2, 0.25) is 0 Å². The number of carbonyl (C=O) groups excluding carboxylic acids is 4. The maximum Gasteiger partial charge on any atom is 0.305 e. The highest BCUT2D eigenvalue weighted by atomic mass is 16.6. The average molecular weight is 447 g/mol. The van der Waals surface area contributed by atoms with Crippen LogP contribution in [0.1, 0.15) is 65.7 Å². The number of hydrogen-bond acceptors (Lipinski definition) is 7. The molecule has 0 spiro atoms. The molecule has 7 nitrogen and oxygen atoms in total. The zero-order valence-electron chi connectivity index (χ0n) is 19.4. The molecule has 0 aromatic rings. The monoisotopic (exact) mass is 446 g/mol. The molecule has 0 aliphatic heterocycles. The molecule has 2 atom stereocenters. The van der Waals surface area contributed by atoms with Gasteiger partial charge in [-0.15, -0.1) is 0 Å². The Morgan fingerprint density at radius 1 is 1.12 bits per heavy atom. The van der Waals surface area contributed by atoms with Crippen molar-refractivity contribution in [3.63, 3.8) is 0 Å². The van der Waals surface area contributed by atoms with Crippen molar-refractivity contribution in [3.05, 3.63) is 48.1 Å². The van der Waals surface area contributed by atoms with E-state index in [0.717, 1.165) is 25.7 Å². The predicted octanol–water partition coefficient (Wildman–Crippen LogP) is 4.32. The van der Waals surface area contributed by atoms with Crippen LogP contribution in [0.5, 0.6) is 0 Å². The molecule has 0 heterocycles. The SMILES string of the molecule is CCCCC/C=C\C[C@]1(OC(C)=O)C=CC(=O)/C1=C\C=C\[C@@H](CCC(=O)OC)OC(C)=O. The zero-order chi connectivity index (χ0) is 24.0. The quantitative estimate of drug-likeness (QED) is 0.137. The molecule has 176 valence electrons. The maximum absolute atomic E-state index is 12.5. The van der Waals surface area contributed by atoms with Crippen LogP contribution >= 0.6 is 0 Å². The standard InChI is InChI=1S/C25H34O7/c1-5-6-7-8-9-10-17-25(32-20(3)27)18-16-23(28)22(25)13-11-12-21(31-19(2)26)14-15-24(29)30-4/h9-13,16,18,21H,5-8,14-15,17H2,1-4H3/b10-9-,12-11+,22-13+/t21-,25-/m0/s1. The molecule has 1 aliphatic rings. The summed E-state index contributed by atoms with van der Waals surface area (Å²) >= 11 is 0. The summed E-state index contributed by atoms with van der Waals surface area (Å²) in [5.41, 5.74) is -0.853. The van der Waals surface area contributed by atoms with Gasteiger partial charge in [-0.25, -0.2) is 0 Å².